The molecule has 1 aliphatic carbocycles. The van der Waals surface area contributed by atoms with Crippen LogP contribution < -0.4 is 10.1 Å². The summed E-state index contributed by atoms with van der Waals surface area (Å²) in [5.74, 6) is 1.68. The Bertz CT molecular complexity index is 1340. The number of para-hydroxylation sites is 1. The number of hydrogen-bond acceptors (Lipinski definition) is 7. The third kappa shape index (κ3) is 5.05. The summed E-state index contributed by atoms with van der Waals surface area (Å²) >= 11 is 4.00. The van der Waals surface area contributed by atoms with Crippen molar-refractivity contribution in [1.82, 2.24) is 4.57 Å². The van der Waals surface area contributed by atoms with Gasteiger partial charge in [-0.1, -0.05) is 29.4 Å². The number of nitrogens with zero attached hydrogens (tertiary/aromatic N) is 2. The Hall–Kier alpha value is -2.87. The van der Waals surface area contributed by atoms with E-state index in [1.165, 1.54) is 41.5 Å². The molecule has 0 atom stereocenters. The van der Waals surface area contributed by atoms with Gasteiger partial charge in [-0.2, -0.15) is 4.99 Å². The lowest BCUT2D eigenvalue weighted by Crippen LogP contribution is -2.19. The van der Waals surface area contributed by atoms with Crippen LogP contribution in [0.3, 0.4) is 0 Å². The number of amides is 2. The number of esters is 1. The minimum absolute atomic E-state index is 0.0581. The predicted octanol–water partition coefficient (Wildman–Crippen LogP) is 3.47. The molecule has 0 unspecified atom stereocenters. The summed E-state index contributed by atoms with van der Waals surface area (Å²) in [5.41, 5.74) is 2.37. The number of rotatable bonds is 7. The Kier molecular flexibility index (Phi) is 7.33. The molecule has 0 spiro atoms. The first-order valence-electron chi connectivity index (χ1n) is 10.2. The highest BCUT2D eigenvalue weighted by Crippen LogP contribution is 2.39. The van der Waals surface area contributed by atoms with E-state index in [0.717, 1.165) is 39.9 Å². The largest absolute Gasteiger partial charge is 0.465 e. The lowest BCUT2D eigenvalue weighted by atomic mass is 10.1. The van der Waals surface area contributed by atoms with E-state index in [4.69, 9.17) is 11.2 Å². The van der Waals surface area contributed by atoms with Crippen molar-refractivity contribution in [2.75, 3.05) is 23.9 Å². The summed E-state index contributed by atoms with van der Waals surface area (Å²) < 4.78 is 7.73. The lowest BCUT2D eigenvalue weighted by molar-refractivity contribution is -0.115. The van der Waals surface area contributed by atoms with E-state index >= 15 is 0 Å². The van der Waals surface area contributed by atoms with Crippen molar-refractivity contribution in [3.05, 3.63) is 45.1 Å². The highest BCUT2D eigenvalue weighted by atomic mass is 32.2. The number of aryl methyl sites for hydroxylation is 1. The minimum Gasteiger partial charge on any atom is -0.465 e. The fourth-order valence-corrected chi connectivity index (χ4v) is 6.63. The van der Waals surface area contributed by atoms with E-state index in [-0.39, 0.29) is 23.3 Å². The lowest BCUT2D eigenvalue weighted by Gasteiger charge is -2.06. The second kappa shape index (κ2) is 10.4. The summed E-state index contributed by atoms with van der Waals surface area (Å²) in [6.45, 7) is 0.318. The number of ether oxygens (including phenoxy) is 1. The number of nitrogens with one attached hydrogen (secondary N) is 1. The van der Waals surface area contributed by atoms with Gasteiger partial charge in [0.15, 0.2) is 4.80 Å². The number of thioether (sulfide) groups is 1. The standard InChI is InChI=1S/C23H21N3O4S3/c1-3-11-26-15-8-4-5-9-17(15)33-23(26)25-19(28)13-31-12-18(27)24-21-20(22(29)30-2)14-7-6-10-16(14)32-21/h1,4-5,8-9H,6-7,10-13H2,2H3,(H,24,27). The molecule has 33 heavy (non-hydrogen) atoms. The SMILES string of the molecule is C#CCn1c(=NC(=O)CSCC(=O)Nc2sc3c(c2C(=O)OC)CCC3)sc2ccccc21. The van der Waals surface area contributed by atoms with E-state index in [2.05, 4.69) is 16.2 Å². The highest BCUT2D eigenvalue weighted by molar-refractivity contribution is 8.00. The Balaban J connectivity index is 1.39. The van der Waals surface area contributed by atoms with E-state index < -0.39 is 5.97 Å². The third-order valence-corrected chi connectivity index (χ3v) is 8.26. The van der Waals surface area contributed by atoms with Gasteiger partial charge in [-0.3, -0.25) is 9.59 Å². The Morgan fingerprint density at radius 1 is 1.24 bits per heavy atom. The second-order valence-corrected chi connectivity index (χ2v) is 10.3. The highest BCUT2D eigenvalue weighted by Gasteiger charge is 2.28. The van der Waals surface area contributed by atoms with Crippen molar-refractivity contribution >= 4 is 67.4 Å². The fourth-order valence-electron chi connectivity index (χ4n) is 3.69. The minimum atomic E-state index is -0.435. The fraction of sp³-hybridized carbons (Fsp3) is 0.304. The Morgan fingerprint density at radius 3 is 2.85 bits per heavy atom. The van der Waals surface area contributed by atoms with Gasteiger partial charge in [0.1, 0.15) is 5.00 Å². The Morgan fingerprint density at radius 2 is 2.06 bits per heavy atom. The van der Waals surface area contributed by atoms with Crippen LogP contribution in [0.5, 0.6) is 0 Å². The number of fused-ring (bicyclic) bond motifs is 2. The van der Waals surface area contributed by atoms with Gasteiger partial charge >= 0.3 is 5.97 Å². The first kappa shape index (κ1) is 23.3. The zero-order valence-corrected chi connectivity index (χ0v) is 20.3. The molecule has 0 bridgehead atoms. The van der Waals surface area contributed by atoms with Crippen LogP contribution >= 0.6 is 34.4 Å². The monoisotopic (exact) mass is 499 g/mol. The summed E-state index contributed by atoms with van der Waals surface area (Å²) in [6, 6.07) is 7.73. The number of methoxy groups -OCH3 is 1. The Labute approximate surface area is 202 Å². The average molecular weight is 500 g/mol. The van der Waals surface area contributed by atoms with Crippen LogP contribution in [0, 0.1) is 12.3 Å². The molecule has 7 nitrogen and oxygen atoms in total. The van der Waals surface area contributed by atoms with Crippen molar-refractivity contribution in [3.63, 3.8) is 0 Å². The van der Waals surface area contributed by atoms with Crippen LogP contribution in [0.15, 0.2) is 29.3 Å². The molecular weight excluding hydrogens is 478 g/mol. The summed E-state index contributed by atoms with van der Waals surface area (Å²) in [4.78, 5) is 43.0. The van der Waals surface area contributed by atoms with Crippen molar-refractivity contribution in [2.24, 2.45) is 4.99 Å². The molecular formula is C23H21N3O4S3. The molecule has 0 radical (unpaired) electrons. The first-order chi connectivity index (χ1) is 16.0. The summed E-state index contributed by atoms with van der Waals surface area (Å²) in [6.07, 6.45) is 8.20. The van der Waals surface area contributed by atoms with Crippen molar-refractivity contribution in [2.45, 2.75) is 25.8 Å². The molecule has 0 saturated heterocycles. The maximum atomic E-state index is 12.5. The molecule has 0 aliphatic heterocycles. The number of carbonyl (C=O) groups excluding carboxylic acids is 3. The number of anilines is 1. The number of carbonyl (C=O) groups is 3. The van der Waals surface area contributed by atoms with Crippen LogP contribution in [-0.2, 0) is 33.7 Å². The molecule has 2 heterocycles. The van der Waals surface area contributed by atoms with E-state index in [9.17, 15) is 14.4 Å². The summed E-state index contributed by atoms with van der Waals surface area (Å²) in [5, 5.41) is 3.34. The molecule has 0 fully saturated rings. The van der Waals surface area contributed by atoms with E-state index in [0.29, 0.717) is 21.9 Å². The zero-order chi connectivity index (χ0) is 23.4. The van der Waals surface area contributed by atoms with Crippen molar-refractivity contribution in [1.29, 1.82) is 0 Å². The maximum Gasteiger partial charge on any atom is 0.341 e. The molecule has 0 saturated carbocycles. The smallest absolute Gasteiger partial charge is 0.341 e. The molecule has 4 rings (SSSR count). The summed E-state index contributed by atoms with van der Waals surface area (Å²) in [7, 11) is 1.34. The topological polar surface area (TPSA) is 89.8 Å². The molecule has 1 aliphatic rings. The van der Waals surface area contributed by atoms with Gasteiger partial charge in [-0.25, -0.2) is 4.79 Å². The van der Waals surface area contributed by atoms with Gasteiger partial charge in [-0.15, -0.1) is 29.5 Å². The van der Waals surface area contributed by atoms with E-state index in [1.807, 2.05) is 28.8 Å². The van der Waals surface area contributed by atoms with Crippen molar-refractivity contribution < 1.29 is 19.1 Å². The quantitative estimate of drug-likeness (QED) is 0.397. The van der Waals surface area contributed by atoms with Crippen LogP contribution in [-0.4, -0.2) is 41.0 Å². The molecule has 3 aromatic rings. The molecule has 2 amide bonds. The number of hydrogen-bond donors (Lipinski definition) is 1. The van der Waals surface area contributed by atoms with Gasteiger partial charge in [0.2, 0.25) is 5.91 Å². The first-order valence-corrected chi connectivity index (χ1v) is 13.0. The molecule has 1 aromatic carbocycles. The molecule has 2 aromatic heterocycles. The van der Waals surface area contributed by atoms with Gasteiger partial charge in [0, 0.05) is 4.88 Å². The van der Waals surface area contributed by atoms with Crippen LogP contribution in [0.2, 0.25) is 0 Å². The van der Waals surface area contributed by atoms with E-state index in [1.54, 1.807) is 0 Å². The maximum absolute atomic E-state index is 12.5. The number of benzene rings is 1. The third-order valence-electron chi connectivity index (χ3n) is 5.08. The second-order valence-electron chi connectivity index (χ2n) is 7.24. The van der Waals surface area contributed by atoms with Gasteiger partial charge in [-0.05, 0) is 37.0 Å². The van der Waals surface area contributed by atoms with Crippen molar-refractivity contribution in [3.8, 4) is 12.3 Å². The number of terminal acetylenes is 1. The van der Waals surface area contributed by atoms with Gasteiger partial charge in [0.25, 0.3) is 5.91 Å². The van der Waals surface area contributed by atoms with Gasteiger partial charge in [0.05, 0.1) is 40.9 Å². The number of thiazole rings is 1. The predicted molar refractivity (Wildman–Crippen MR) is 133 cm³/mol. The molecule has 1 N–H and O–H groups in total. The van der Waals surface area contributed by atoms with Crippen LogP contribution in [0.25, 0.3) is 10.2 Å². The van der Waals surface area contributed by atoms with Crippen LogP contribution in [0.4, 0.5) is 5.00 Å². The normalized spacial score (nSPS) is 13.0. The molecule has 170 valence electrons. The number of thiophene rings is 1. The molecule has 10 heteroatoms. The van der Waals surface area contributed by atoms with Gasteiger partial charge < -0.3 is 14.6 Å². The average Bonchev–Trinajstić information content (AvgIpc) is 3.47. The number of aromatic nitrogens is 1. The van der Waals surface area contributed by atoms with Crippen LogP contribution in [0.1, 0.15) is 27.2 Å². The zero-order valence-electron chi connectivity index (χ0n) is 17.9.